The van der Waals surface area contributed by atoms with Gasteiger partial charge < -0.3 is 4.74 Å². The molecular weight excluding hydrogens is 150 g/mol. The quantitative estimate of drug-likeness (QED) is 0.639. The van der Waals surface area contributed by atoms with Crippen molar-refractivity contribution in [3.8, 4) is 5.75 Å². The molecule has 0 aromatic heterocycles. The summed E-state index contributed by atoms with van der Waals surface area (Å²) >= 11 is 0. The van der Waals surface area contributed by atoms with E-state index >= 15 is 0 Å². The molecule has 1 rings (SSSR count). The topological polar surface area (TPSA) is 9.23 Å². The molecule has 0 bridgehead atoms. The van der Waals surface area contributed by atoms with Crippen molar-refractivity contribution in [1.82, 2.24) is 0 Å². The van der Waals surface area contributed by atoms with E-state index in [1.165, 1.54) is 0 Å². The second-order valence-corrected chi connectivity index (χ2v) is 1.92. The second kappa shape index (κ2) is 3.32. The number of hydrogen-bond acceptors (Lipinski definition) is 1. The Labute approximate surface area is 63.6 Å². The zero-order chi connectivity index (χ0) is 8.27. The summed E-state index contributed by atoms with van der Waals surface area (Å²) in [5.41, 5.74) is 0. The normalized spacial score (nSPS) is 9.73. The monoisotopic (exact) mass is 157 g/mol. The Kier molecular flexibility index (Phi) is 2.41. The Balaban J connectivity index is 2.93. The fourth-order valence-electron chi connectivity index (χ4n) is 0.698. The minimum absolute atomic E-state index is 0.0837. The fraction of sp³-hybridized carbons (Fsp3) is 0.125. The highest BCUT2D eigenvalue weighted by atomic mass is 19.1. The first-order valence-corrected chi connectivity index (χ1v) is 3.11. The standard InChI is InChI=1S/C8H7F2O/c1-2-11-8-5-6(9)3-4-7(8)10/h3-5H,1-2H2. The average molecular weight is 157 g/mol. The van der Waals surface area contributed by atoms with E-state index in [0.717, 1.165) is 18.2 Å². The number of ether oxygens (including phenoxy) is 1. The summed E-state index contributed by atoms with van der Waals surface area (Å²) in [7, 11) is 0. The average Bonchev–Trinajstić information content (AvgIpc) is 1.98. The van der Waals surface area contributed by atoms with Gasteiger partial charge in [-0.25, -0.2) is 8.78 Å². The zero-order valence-corrected chi connectivity index (χ0v) is 5.81. The molecule has 0 atom stereocenters. The van der Waals surface area contributed by atoms with Gasteiger partial charge in [0.25, 0.3) is 0 Å². The van der Waals surface area contributed by atoms with E-state index in [0.29, 0.717) is 0 Å². The van der Waals surface area contributed by atoms with Gasteiger partial charge in [0, 0.05) is 6.07 Å². The Hall–Kier alpha value is -1.12. The summed E-state index contributed by atoms with van der Waals surface area (Å²) in [6.07, 6.45) is 0. The highest BCUT2D eigenvalue weighted by Gasteiger charge is 2.02. The van der Waals surface area contributed by atoms with Crippen molar-refractivity contribution in [2.24, 2.45) is 0 Å². The highest BCUT2D eigenvalue weighted by Crippen LogP contribution is 2.17. The van der Waals surface area contributed by atoms with Crippen molar-refractivity contribution in [1.29, 1.82) is 0 Å². The Bertz CT molecular complexity index is 248. The Morgan fingerprint density at radius 3 is 2.73 bits per heavy atom. The molecular formula is C8H7F2O. The lowest BCUT2D eigenvalue weighted by atomic mass is 10.3. The smallest absolute Gasteiger partial charge is 0.165 e. The van der Waals surface area contributed by atoms with Gasteiger partial charge >= 0.3 is 0 Å². The van der Waals surface area contributed by atoms with Crippen LogP contribution in [-0.2, 0) is 0 Å². The van der Waals surface area contributed by atoms with Crippen LogP contribution in [-0.4, -0.2) is 6.61 Å². The molecule has 0 spiro atoms. The van der Waals surface area contributed by atoms with Gasteiger partial charge in [-0.15, -0.1) is 0 Å². The van der Waals surface area contributed by atoms with Gasteiger partial charge in [0.2, 0.25) is 0 Å². The molecule has 0 aliphatic heterocycles. The van der Waals surface area contributed by atoms with E-state index in [9.17, 15) is 8.78 Å². The predicted octanol–water partition coefficient (Wildman–Crippen LogP) is 2.18. The van der Waals surface area contributed by atoms with E-state index in [-0.39, 0.29) is 12.4 Å². The number of benzene rings is 1. The van der Waals surface area contributed by atoms with Crippen LogP contribution < -0.4 is 4.74 Å². The predicted molar refractivity (Wildman–Crippen MR) is 37.2 cm³/mol. The molecule has 1 aromatic carbocycles. The molecule has 0 N–H and O–H groups in total. The van der Waals surface area contributed by atoms with E-state index < -0.39 is 11.6 Å². The SMILES string of the molecule is [CH2]COc1cc(F)ccc1F. The zero-order valence-electron chi connectivity index (χ0n) is 5.81. The van der Waals surface area contributed by atoms with Crippen molar-refractivity contribution in [3.05, 3.63) is 36.8 Å². The highest BCUT2D eigenvalue weighted by molar-refractivity contribution is 5.24. The van der Waals surface area contributed by atoms with E-state index in [1.54, 1.807) is 0 Å². The summed E-state index contributed by atoms with van der Waals surface area (Å²) in [4.78, 5) is 0. The van der Waals surface area contributed by atoms with Crippen LogP contribution in [0, 0.1) is 18.6 Å². The molecule has 1 nitrogen and oxygen atoms in total. The lowest BCUT2D eigenvalue weighted by Crippen LogP contribution is -1.94. The molecule has 59 valence electrons. The lowest BCUT2D eigenvalue weighted by molar-refractivity contribution is 0.337. The summed E-state index contributed by atoms with van der Waals surface area (Å²) in [6.45, 7) is 3.42. The van der Waals surface area contributed by atoms with Crippen LogP contribution in [0.15, 0.2) is 18.2 Å². The second-order valence-electron chi connectivity index (χ2n) is 1.92. The molecule has 1 aromatic rings. The summed E-state index contributed by atoms with van der Waals surface area (Å²) in [6, 6.07) is 3.03. The van der Waals surface area contributed by atoms with Gasteiger partial charge in [-0.05, 0) is 19.1 Å². The van der Waals surface area contributed by atoms with Crippen molar-refractivity contribution >= 4 is 0 Å². The van der Waals surface area contributed by atoms with Crippen molar-refractivity contribution < 1.29 is 13.5 Å². The number of rotatable bonds is 2. The van der Waals surface area contributed by atoms with Crippen molar-refractivity contribution in [2.45, 2.75) is 0 Å². The van der Waals surface area contributed by atoms with Crippen LogP contribution in [0.5, 0.6) is 5.75 Å². The van der Waals surface area contributed by atoms with Gasteiger partial charge in [-0.2, -0.15) is 0 Å². The van der Waals surface area contributed by atoms with Crippen LogP contribution >= 0.6 is 0 Å². The van der Waals surface area contributed by atoms with Gasteiger partial charge in [0.1, 0.15) is 5.82 Å². The maximum Gasteiger partial charge on any atom is 0.165 e. The van der Waals surface area contributed by atoms with Gasteiger partial charge in [-0.1, -0.05) is 0 Å². The van der Waals surface area contributed by atoms with Crippen LogP contribution in [0.2, 0.25) is 0 Å². The lowest BCUT2D eigenvalue weighted by Gasteiger charge is -2.02. The van der Waals surface area contributed by atoms with E-state index in [4.69, 9.17) is 4.74 Å². The Morgan fingerprint density at radius 1 is 1.36 bits per heavy atom. The molecule has 0 heterocycles. The number of hydrogen-bond donors (Lipinski definition) is 0. The maximum atomic E-state index is 12.6. The summed E-state index contributed by atoms with van der Waals surface area (Å²) in [5, 5.41) is 0. The Morgan fingerprint density at radius 2 is 2.09 bits per heavy atom. The van der Waals surface area contributed by atoms with Crippen molar-refractivity contribution in [2.75, 3.05) is 6.61 Å². The van der Waals surface area contributed by atoms with Gasteiger partial charge in [0.15, 0.2) is 11.6 Å². The maximum absolute atomic E-state index is 12.6. The summed E-state index contributed by atoms with van der Waals surface area (Å²) < 4.78 is 29.7. The molecule has 0 amide bonds. The first-order chi connectivity index (χ1) is 5.24. The van der Waals surface area contributed by atoms with Crippen LogP contribution in [0.3, 0.4) is 0 Å². The molecule has 1 radical (unpaired) electrons. The minimum atomic E-state index is -0.574. The molecule has 0 unspecified atom stereocenters. The first kappa shape index (κ1) is 7.98. The van der Waals surface area contributed by atoms with Crippen molar-refractivity contribution in [3.63, 3.8) is 0 Å². The molecule has 0 aliphatic rings. The largest absolute Gasteiger partial charge is 0.490 e. The van der Waals surface area contributed by atoms with Crippen LogP contribution in [0.1, 0.15) is 0 Å². The van der Waals surface area contributed by atoms with E-state index in [2.05, 4.69) is 6.92 Å². The fourth-order valence-corrected chi connectivity index (χ4v) is 0.698. The molecule has 0 fully saturated rings. The molecule has 11 heavy (non-hydrogen) atoms. The van der Waals surface area contributed by atoms with E-state index in [1.807, 2.05) is 0 Å². The third-order valence-electron chi connectivity index (χ3n) is 1.15. The molecule has 0 saturated heterocycles. The van der Waals surface area contributed by atoms with Gasteiger partial charge in [0.05, 0.1) is 6.61 Å². The molecule has 0 saturated carbocycles. The third kappa shape index (κ3) is 1.90. The minimum Gasteiger partial charge on any atom is -0.490 e. The summed E-state index contributed by atoms with van der Waals surface area (Å²) in [5.74, 6) is -1.19. The van der Waals surface area contributed by atoms with Gasteiger partial charge in [-0.3, -0.25) is 0 Å². The molecule has 0 aliphatic carbocycles. The third-order valence-corrected chi connectivity index (χ3v) is 1.15. The van der Waals surface area contributed by atoms with Crippen LogP contribution in [0.4, 0.5) is 8.78 Å². The number of halogens is 2. The molecule has 3 heteroatoms. The first-order valence-electron chi connectivity index (χ1n) is 3.11. The van der Waals surface area contributed by atoms with Crippen LogP contribution in [0.25, 0.3) is 0 Å².